The summed E-state index contributed by atoms with van der Waals surface area (Å²) in [5.41, 5.74) is -0.852. The van der Waals surface area contributed by atoms with Crippen molar-refractivity contribution in [1.29, 1.82) is 0 Å². The molecule has 0 aliphatic carbocycles. The van der Waals surface area contributed by atoms with E-state index in [1.54, 1.807) is 7.05 Å². The molecule has 0 bridgehead atoms. The molecule has 2 N–H and O–H groups in total. The maximum Gasteiger partial charge on any atom is 0.338 e. The minimum absolute atomic E-state index is 0.155. The molecule has 0 amide bonds. The third kappa shape index (κ3) is 2.78. The molecule has 0 radical (unpaired) electrons. The zero-order chi connectivity index (χ0) is 12.1. The van der Waals surface area contributed by atoms with Gasteiger partial charge in [-0.1, -0.05) is 11.8 Å². The van der Waals surface area contributed by atoms with E-state index in [0.29, 0.717) is 12.6 Å². The molecule has 1 aromatic rings. The van der Waals surface area contributed by atoms with Gasteiger partial charge in [-0.3, -0.25) is 0 Å². The fraction of sp³-hybridized carbons (Fsp3) is 0.182. The summed E-state index contributed by atoms with van der Waals surface area (Å²) < 4.78 is 26.4. The molecule has 0 fully saturated rings. The number of nitrogens with one attached hydrogen (secondary N) is 1. The van der Waals surface area contributed by atoms with Gasteiger partial charge in [0.15, 0.2) is 0 Å². The Morgan fingerprint density at radius 2 is 2.12 bits per heavy atom. The number of benzene rings is 1. The van der Waals surface area contributed by atoms with Crippen LogP contribution in [0, 0.1) is 23.5 Å². The second-order valence-electron chi connectivity index (χ2n) is 2.95. The van der Waals surface area contributed by atoms with E-state index >= 15 is 0 Å². The van der Waals surface area contributed by atoms with Gasteiger partial charge in [0.2, 0.25) is 0 Å². The summed E-state index contributed by atoms with van der Waals surface area (Å²) in [6.45, 7) is 0.335. The van der Waals surface area contributed by atoms with Crippen molar-refractivity contribution >= 4 is 5.97 Å². The van der Waals surface area contributed by atoms with Crippen LogP contribution in [-0.4, -0.2) is 24.7 Å². The molecule has 0 heterocycles. The van der Waals surface area contributed by atoms with Crippen LogP contribution >= 0.6 is 0 Å². The molecule has 0 aromatic heterocycles. The fourth-order valence-corrected chi connectivity index (χ4v) is 1.03. The number of carboxylic acids is 1. The van der Waals surface area contributed by atoms with Gasteiger partial charge in [0.25, 0.3) is 0 Å². The van der Waals surface area contributed by atoms with E-state index < -0.39 is 23.2 Å². The first-order chi connectivity index (χ1) is 7.56. The molecular formula is C11H9F2NO2. The van der Waals surface area contributed by atoms with Crippen LogP contribution in [0.25, 0.3) is 0 Å². The van der Waals surface area contributed by atoms with Gasteiger partial charge in [0.1, 0.15) is 11.6 Å². The number of aromatic carboxylic acids is 1. The largest absolute Gasteiger partial charge is 0.478 e. The van der Waals surface area contributed by atoms with Crippen molar-refractivity contribution in [2.45, 2.75) is 0 Å². The Morgan fingerprint density at radius 1 is 1.44 bits per heavy atom. The summed E-state index contributed by atoms with van der Waals surface area (Å²) in [6.07, 6.45) is 0. The zero-order valence-corrected chi connectivity index (χ0v) is 8.47. The van der Waals surface area contributed by atoms with Crippen LogP contribution in [0.3, 0.4) is 0 Å². The highest BCUT2D eigenvalue weighted by Gasteiger charge is 2.13. The second kappa shape index (κ2) is 5.24. The van der Waals surface area contributed by atoms with Crippen LogP contribution in [0.5, 0.6) is 0 Å². The number of carboxylic acid groups (broad SMARTS) is 1. The van der Waals surface area contributed by atoms with E-state index in [1.807, 2.05) is 0 Å². The van der Waals surface area contributed by atoms with Crippen LogP contribution in [0.1, 0.15) is 15.9 Å². The van der Waals surface area contributed by atoms with Gasteiger partial charge < -0.3 is 10.4 Å². The molecule has 3 nitrogen and oxygen atoms in total. The number of halogens is 2. The molecule has 0 aliphatic heterocycles. The Balaban J connectivity index is 3.12. The first-order valence-electron chi connectivity index (χ1n) is 4.42. The van der Waals surface area contributed by atoms with E-state index in [1.165, 1.54) is 0 Å². The van der Waals surface area contributed by atoms with Crippen LogP contribution in [0.4, 0.5) is 8.78 Å². The van der Waals surface area contributed by atoms with Crippen molar-refractivity contribution in [3.8, 4) is 11.8 Å². The summed E-state index contributed by atoms with van der Waals surface area (Å²) in [5, 5.41) is 11.3. The molecule has 84 valence electrons. The second-order valence-corrected chi connectivity index (χ2v) is 2.95. The quantitative estimate of drug-likeness (QED) is 0.744. The van der Waals surface area contributed by atoms with Crippen molar-refractivity contribution in [2.75, 3.05) is 13.6 Å². The number of carbonyl (C=O) groups is 1. The summed E-state index contributed by atoms with van der Waals surface area (Å²) >= 11 is 0. The number of rotatable bonds is 2. The lowest BCUT2D eigenvalue weighted by Crippen LogP contribution is -2.05. The SMILES string of the molecule is CNCC#Cc1cc(F)c(C(=O)O)cc1F. The van der Waals surface area contributed by atoms with Gasteiger partial charge in [0, 0.05) is 0 Å². The van der Waals surface area contributed by atoms with Crippen molar-refractivity contribution < 1.29 is 18.7 Å². The van der Waals surface area contributed by atoms with E-state index in [0.717, 1.165) is 6.07 Å². The Labute approximate surface area is 91.1 Å². The predicted molar refractivity (Wildman–Crippen MR) is 54.1 cm³/mol. The molecule has 0 spiro atoms. The van der Waals surface area contributed by atoms with Crippen molar-refractivity contribution in [3.63, 3.8) is 0 Å². The van der Waals surface area contributed by atoms with E-state index in [9.17, 15) is 13.6 Å². The third-order valence-corrected chi connectivity index (χ3v) is 1.78. The molecule has 0 saturated heterocycles. The molecule has 16 heavy (non-hydrogen) atoms. The lowest BCUT2D eigenvalue weighted by Gasteiger charge is -1.99. The zero-order valence-electron chi connectivity index (χ0n) is 8.47. The lowest BCUT2D eigenvalue weighted by molar-refractivity contribution is 0.0691. The molecule has 0 aliphatic rings. The van der Waals surface area contributed by atoms with Crippen molar-refractivity contribution in [2.24, 2.45) is 0 Å². The summed E-state index contributed by atoms with van der Waals surface area (Å²) in [4.78, 5) is 10.5. The maximum atomic E-state index is 13.3. The van der Waals surface area contributed by atoms with Gasteiger partial charge in [0.05, 0.1) is 17.7 Å². The predicted octanol–water partition coefficient (Wildman–Crippen LogP) is 1.23. The van der Waals surface area contributed by atoms with E-state index in [4.69, 9.17) is 5.11 Å². The Morgan fingerprint density at radius 3 is 2.69 bits per heavy atom. The van der Waals surface area contributed by atoms with Crippen molar-refractivity contribution in [1.82, 2.24) is 5.32 Å². The van der Waals surface area contributed by atoms with Crippen LogP contribution in [0.2, 0.25) is 0 Å². The topological polar surface area (TPSA) is 49.3 Å². The van der Waals surface area contributed by atoms with Gasteiger partial charge in [-0.2, -0.15) is 0 Å². The standard InChI is InChI=1S/C11H9F2NO2/c1-14-4-2-3-7-5-10(13)8(11(15)16)6-9(7)12/h5-6,14H,4H2,1H3,(H,15,16). The Bertz CT molecular complexity index is 475. The maximum absolute atomic E-state index is 13.3. The third-order valence-electron chi connectivity index (χ3n) is 1.78. The average Bonchev–Trinajstić information content (AvgIpc) is 2.22. The highest BCUT2D eigenvalue weighted by atomic mass is 19.1. The molecule has 1 rings (SSSR count). The normalized spacial score (nSPS) is 9.44. The number of hydrogen-bond donors (Lipinski definition) is 2. The van der Waals surface area contributed by atoms with Crippen molar-refractivity contribution in [3.05, 3.63) is 34.9 Å². The van der Waals surface area contributed by atoms with Gasteiger partial charge in [-0.15, -0.1) is 0 Å². The van der Waals surface area contributed by atoms with Crippen LogP contribution < -0.4 is 5.32 Å². The monoisotopic (exact) mass is 225 g/mol. The van der Waals surface area contributed by atoms with E-state index in [2.05, 4.69) is 17.2 Å². The highest BCUT2D eigenvalue weighted by molar-refractivity contribution is 5.88. The molecular weight excluding hydrogens is 216 g/mol. The highest BCUT2D eigenvalue weighted by Crippen LogP contribution is 2.14. The molecule has 1 aromatic carbocycles. The lowest BCUT2D eigenvalue weighted by atomic mass is 10.1. The first-order valence-corrected chi connectivity index (χ1v) is 4.42. The summed E-state index contributed by atoms with van der Waals surface area (Å²) in [6, 6.07) is 1.41. The van der Waals surface area contributed by atoms with E-state index in [-0.39, 0.29) is 5.56 Å². The van der Waals surface area contributed by atoms with Crippen LogP contribution in [-0.2, 0) is 0 Å². The fourth-order valence-electron chi connectivity index (χ4n) is 1.03. The molecule has 0 saturated carbocycles. The molecule has 0 atom stereocenters. The Hall–Kier alpha value is -1.93. The van der Waals surface area contributed by atoms with Crippen LogP contribution in [0.15, 0.2) is 12.1 Å². The summed E-state index contributed by atoms with van der Waals surface area (Å²) in [5.74, 6) is 1.60. The first kappa shape index (κ1) is 12.1. The molecule has 5 heteroatoms. The average molecular weight is 225 g/mol. The van der Waals surface area contributed by atoms with Gasteiger partial charge in [-0.25, -0.2) is 13.6 Å². The Kier molecular flexibility index (Phi) is 3.97. The van der Waals surface area contributed by atoms with Gasteiger partial charge in [-0.05, 0) is 19.2 Å². The van der Waals surface area contributed by atoms with Gasteiger partial charge >= 0.3 is 5.97 Å². The minimum atomic E-state index is -1.51. The minimum Gasteiger partial charge on any atom is -0.478 e. The number of hydrogen-bond acceptors (Lipinski definition) is 2. The summed E-state index contributed by atoms with van der Waals surface area (Å²) in [7, 11) is 1.67. The molecule has 0 unspecified atom stereocenters. The smallest absolute Gasteiger partial charge is 0.338 e.